The number of fused-ring (bicyclic) bond motifs is 1. The van der Waals surface area contributed by atoms with Crippen LogP contribution in [0, 0.1) is 0 Å². The summed E-state index contributed by atoms with van der Waals surface area (Å²) in [5, 5.41) is 0.705. The van der Waals surface area contributed by atoms with Crippen LogP contribution in [0.25, 0.3) is 10.9 Å². The average Bonchev–Trinajstić information content (AvgIpc) is 2.88. The minimum Gasteiger partial charge on any atom is -0.489 e. The summed E-state index contributed by atoms with van der Waals surface area (Å²) in [4.78, 5) is 25.6. The van der Waals surface area contributed by atoms with Crippen LogP contribution in [0.1, 0.15) is 71.8 Å². The van der Waals surface area contributed by atoms with E-state index in [9.17, 15) is 9.59 Å². The summed E-state index contributed by atoms with van der Waals surface area (Å²) in [6, 6.07) is 15.5. The van der Waals surface area contributed by atoms with E-state index in [1.54, 1.807) is 4.57 Å². The first-order chi connectivity index (χ1) is 17.9. The van der Waals surface area contributed by atoms with Crippen LogP contribution in [0.4, 0.5) is 0 Å². The van der Waals surface area contributed by atoms with E-state index in [1.165, 1.54) is 26.2 Å². The molecule has 6 nitrogen and oxygen atoms in total. The monoisotopic (exact) mass is 505 g/mol. The number of pyridine rings is 1. The van der Waals surface area contributed by atoms with Crippen LogP contribution < -0.4 is 19.8 Å². The molecule has 0 saturated heterocycles. The Morgan fingerprint density at radius 1 is 0.892 bits per heavy atom. The highest BCUT2D eigenvalue weighted by Crippen LogP contribution is 2.35. The van der Waals surface area contributed by atoms with Gasteiger partial charge in [-0.1, -0.05) is 74.9 Å². The molecule has 3 aromatic rings. The summed E-state index contributed by atoms with van der Waals surface area (Å²) >= 11 is 0. The van der Waals surface area contributed by atoms with Gasteiger partial charge in [-0.2, -0.15) is 0 Å². The van der Waals surface area contributed by atoms with Crippen LogP contribution in [0.5, 0.6) is 17.2 Å². The Bertz CT molecular complexity index is 1260. The Kier molecular flexibility index (Phi) is 10.8. The molecule has 1 aromatic heterocycles. The van der Waals surface area contributed by atoms with Crippen LogP contribution in [0.15, 0.2) is 65.0 Å². The minimum absolute atomic E-state index is 0.0638. The summed E-state index contributed by atoms with van der Waals surface area (Å²) in [6.07, 6.45) is 8.54. The van der Waals surface area contributed by atoms with Gasteiger partial charge in [-0.05, 0) is 44.0 Å². The van der Waals surface area contributed by atoms with Crippen molar-refractivity contribution in [3.63, 3.8) is 0 Å². The number of hydrogen-bond acceptors (Lipinski definition) is 5. The van der Waals surface area contributed by atoms with Crippen molar-refractivity contribution in [1.82, 2.24) is 4.57 Å². The van der Waals surface area contributed by atoms with Gasteiger partial charge in [0.15, 0.2) is 5.75 Å². The zero-order valence-corrected chi connectivity index (χ0v) is 22.5. The first-order valence-electron chi connectivity index (χ1n) is 13.2. The van der Waals surface area contributed by atoms with E-state index < -0.39 is 5.97 Å². The van der Waals surface area contributed by atoms with Crippen molar-refractivity contribution >= 4 is 16.9 Å². The SMILES string of the molecule is CCCCCCCCn1c(=O)c(OC(C)=O)c(OCC=C(C)C)c2ccc(OCc3ccccc3)cc21. The molecule has 0 N–H and O–H groups in total. The van der Waals surface area contributed by atoms with Crippen molar-refractivity contribution in [3.8, 4) is 17.2 Å². The predicted molar refractivity (Wildman–Crippen MR) is 149 cm³/mol. The number of allylic oxidation sites excluding steroid dienone is 1. The van der Waals surface area contributed by atoms with E-state index in [1.807, 2.05) is 68.5 Å². The molecular formula is C31H39NO5. The number of esters is 1. The second kappa shape index (κ2) is 14.3. The average molecular weight is 506 g/mol. The summed E-state index contributed by atoms with van der Waals surface area (Å²) in [5.41, 5.74) is 2.48. The summed E-state index contributed by atoms with van der Waals surface area (Å²) < 4.78 is 19.2. The largest absolute Gasteiger partial charge is 0.489 e. The molecule has 3 rings (SSSR count). The minimum atomic E-state index is -0.558. The molecule has 0 radical (unpaired) electrons. The molecule has 0 aliphatic heterocycles. The Labute approximate surface area is 219 Å². The van der Waals surface area contributed by atoms with Crippen molar-refractivity contribution in [2.45, 2.75) is 79.4 Å². The number of carbonyl (C=O) groups is 1. The first-order valence-corrected chi connectivity index (χ1v) is 13.2. The summed E-state index contributed by atoms with van der Waals surface area (Å²) in [7, 11) is 0. The van der Waals surface area contributed by atoms with Gasteiger partial charge in [0.05, 0.1) is 5.52 Å². The molecule has 37 heavy (non-hydrogen) atoms. The number of aromatic nitrogens is 1. The van der Waals surface area contributed by atoms with Gasteiger partial charge in [-0.25, -0.2) is 0 Å². The molecule has 0 saturated carbocycles. The quantitative estimate of drug-likeness (QED) is 0.132. The standard InChI is InChI=1S/C31H39NO5/c1-5-6-7-8-9-13-19-32-28-21-26(36-22-25-14-11-10-12-15-25)16-17-27(28)29(35-20-18-23(2)3)30(31(32)34)37-24(4)33/h10-12,14-18,21H,5-9,13,19-20,22H2,1-4H3. The topological polar surface area (TPSA) is 66.8 Å². The predicted octanol–water partition coefficient (Wildman–Crippen LogP) is 7.21. The van der Waals surface area contributed by atoms with Crippen LogP contribution in [0.2, 0.25) is 0 Å². The number of ether oxygens (including phenoxy) is 3. The fourth-order valence-electron chi connectivity index (χ4n) is 4.15. The van der Waals surface area contributed by atoms with Crippen molar-refractivity contribution in [2.24, 2.45) is 0 Å². The molecule has 6 heteroatoms. The van der Waals surface area contributed by atoms with Crippen LogP contribution in [0.3, 0.4) is 0 Å². The Balaban J connectivity index is 2.02. The van der Waals surface area contributed by atoms with Gasteiger partial charge in [0.2, 0.25) is 5.75 Å². The molecule has 0 aliphatic rings. The zero-order valence-electron chi connectivity index (χ0n) is 22.5. The van der Waals surface area contributed by atoms with E-state index in [4.69, 9.17) is 14.2 Å². The van der Waals surface area contributed by atoms with Gasteiger partial charge in [-0.15, -0.1) is 0 Å². The number of carbonyl (C=O) groups excluding carboxylic acids is 1. The lowest BCUT2D eigenvalue weighted by atomic mass is 10.1. The fraction of sp³-hybridized carbons (Fsp3) is 0.419. The summed E-state index contributed by atoms with van der Waals surface area (Å²) in [6.45, 7) is 8.64. The van der Waals surface area contributed by atoms with Gasteiger partial charge in [0.1, 0.15) is 19.0 Å². The lowest BCUT2D eigenvalue weighted by molar-refractivity contribution is -0.132. The van der Waals surface area contributed by atoms with Gasteiger partial charge >= 0.3 is 5.97 Å². The summed E-state index contributed by atoms with van der Waals surface area (Å²) in [5.74, 6) is 0.313. The molecular weight excluding hydrogens is 466 g/mol. The van der Waals surface area contributed by atoms with Crippen molar-refractivity contribution in [3.05, 3.63) is 76.1 Å². The van der Waals surface area contributed by atoms with Crippen molar-refractivity contribution in [2.75, 3.05) is 6.61 Å². The van der Waals surface area contributed by atoms with E-state index in [-0.39, 0.29) is 23.7 Å². The van der Waals surface area contributed by atoms with Gasteiger partial charge in [0, 0.05) is 24.9 Å². The molecule has 0 aliphatic carbocycles. The highest BCUT2D eigenvalue weighted by atomic mass is 16.6. The molecule has 2 aromatic carbocycles. The van der Waals surface area contributed by atoms with E-state index in [0.717, 1.165) is 30.4 Å². The highest BCUT2D eigenvalue weighted by molar-refractivity contribution is 5.90. The second-order valence-corrected chi connectivity index (χ2v) is 9.52. The Morgan fingerprint density at radius 2 is 1.62 bits per heavy atom. The second-order valence-electron chi connectivity index (χ2n) is 9.52. The third-order valence-electron chi connectivity index (χ3n) is 6.10. The number of nitrogens with zero attached hydrogens (tertiary/aromatic N) is 1. The van der Waals surface area contributed by atoms with E-state index >= 15 is 0 Å². The van der Waals surface area contributed by atoms with E-state index in [0.29, 0.717) is 29.8 Å². The lowest BCUT2D eigenvalue weighted by Crippen LogP contribution is -2.25. The zero-order chi connectivity index (χ0) is 26.6. The molecule has 1 heterocycles. The third kappa shape index (κ3) is 8.24. The molecule has 0 spiro atoms. The normalized spacial score (nSPS) is 10.8. The van der Waals surface area contributed by atoms with Crippen LogP contribution in [-0.2, 0) is 17.9 Å². The molecule has 0 fully saturated rings. The number of benzene rings is 2. The molecule has 0 unspecified atom stereocenters. The van der Waals surface area contributed by atoms with Crippen LogP contribution in [-0.4, -0.2) is 17.1 Å². The number of hydrogen-bond donors (Lipinski definition) is 0. The first kappa shape index (κ1) is 28.0. The number of unbranched alkanes of at least 4 members (excludes halogenated alkanes) is 5. The molecule has 198 valence electrons. The number of aryl methyl sites for hydroxylation is 1. The highest BCUT2D eigenvalue weighted by Gasteiger charge is 2.21. The lowest BCUT2D eigenvalue weighted by Gasteiger charge is -2.18. The molecule has 0 amide bonds. The number of rotatable bonds is 14. The Morgan fingerprint density at radius 3 is 2.32 bits per heavy atom. The maximum absolute atomic E-state index is 13.6. The van der Waals surface area contributed by atoms with Crippen LogP contribution >= 0.6 is 0 Å². The molecule has 0 atom stereocenters. The maximum Gasteiger partial charge on any atom is 0.308 e. The van der Waals surface area contributed by atoms with Gasteiger partial charge < -0.3 is 18.8 Å². The van der Waals surface area contributed by atoms with Crippen molar-refractivity contribution < 1.29 is 19.0 Å². The van der Waals surface area contributed by atoms with Gasteiger partial charge in [0.25, 0.3) is 5.56 Å². The molecule has 0 bridgehead atoms. The van der Waals surface area contributed by atoms with E-state index in [2.05, 4.69) is 6.92 Å². The fourth-order valence-corrected chi connectivity index (χ4v) is 4.15. The van der Waals surface area contributed by atoms with Crippen molar-refractivity contribution in [1.29, 1.82) is 0 Å². The van der Waals surface area contributed by atoms with Gasteiger partial charge in [-0.3, -0.25) is 9.59 Å². The Hall–Kier alpha value is -3.54. The third-order valence-corrected chi connectivity index (χ3v) is 6.10. The maximum atomic E-state index is 13.6. The smallest absolute Gasteiger partial charge is 0.308 e.